The molecular weight excluding hydrogens is 372 g/mol. The topological polar surface area (TPSA) is 110 Å². The molecule has 4 rings (SSSR count). The van der Waals surface area contributed by atoms with Gasteiger partial charge in [-0.15, -0.1) is 0 Å². The minimum absolute atomic E-state index is 0.0351. The van der Waals surface area contributed by atoms with Crippen LogP contribution in [0.3, 0.4) is 0 Å². The third-order valence-electron chi connectivity index (χ3n) is 5.06. The van der Waals surface area contributed by atoms with Crippen LogP contribution < -0.4 is 21.5 Å². The number of hydrogen-bond acceptors (Lipinski definition) is 5. The van der Waals surface area contributed by atoms with Crippen molar-refractivity contribution >= 4 is 39.9 Å². The van der Waals surface area contributed by atoms with E-state index in [1.165, 1.54) is 17.8 Å². The van der Waals surface area contributed by atoms with Gasteiger partial charge in [-0.25, -0.2) is 4.98 Å². The summed E-state index contributed by atoms with van der Waals surface area (Å²) in [5.41, 5.74) is 1.95. The number of aromatic nitrogens is 3. The molecule has 9 nitrogen and oxygen atoms in total. The summed E-state index contributed by atoms with van der Waals surface area (Å²) in [6, 6.07) is 3.46. The molecule has 0 saturated heterocycles. The molecule has 1 aliphatic carbocycles. The second kappa shape index (κ2) is 7.08. The molecule has 0 spiro atoms. The van der Waals surface area contributed by atoms with Crippen molar-refractivity contribution < 1.29 is 9.59 Å². The Bertz CT molecular complexity index is 1190. The number of anilines is 3. The van der Waals surface area contributed by atoms with E-state index >= 15 is 0 Å². The van der Waals surface area contributed by atoms with E-state index in [4.69, 9.17) is 0 Å². The molecule has 150 valence electrons. The highest BCUT2D eigenvalue weighted by molar-refractivity contribution is 6.03. The second-order valence-corrected chi connectivity index (χ2v) is 7.23. The van der Waals surface area contributed by atoms with E-state index in [1.807, 2.05) is 17.7 Å². The molecular formula is C20H22N6O3. The highest BCUT2D eigenvalue weighted by atomic mass is 16.2. The molecule has 3 aromatic rings. The van der Waals surface area contributed by atoms with Crippen LogP contribution in [0, 0.1) is 5.92 Å². The summed E-state index contributed by atoms with van der Waals surface area (Å²) in [7, 11) is 5.06. The molecule has 0 aliphatic heterocycles. The van der Waals surface area contributed by atoms with E-state index in [0.717, 1.165) is 18.4 Å². The summed E-state index contributed by atoms with van der Waals surface area (Å²) in [5, 5.41) is 9.07. The predicted molar refractivity (Wildman–Crippen MR) is 110 cm³/mol. The van der Waals surface area contributed by atoms with Crippen LogP contribution in [0.2, 0.25) is 0 Å². The number of carbonyl (C=O) groups is 2. The van der Waals surface area contributed by atoms with Crippen molar-refractivity contribution in [2.24, 2.45) is 20.0 Å². The molecule has 0 unspecified atom stereocenters. The molecule has 2 amide bonds. The van der Waals surface area contributed by atoms with E-state index in [0.29, 0.717) is 28.1 Å². The van der Waals surface area contributed by atoms with Gasteiger partial charge in [-0.1, -0.05) is 0 Å². The number of nitrogens with zero attached hydrogens (tertiary/aromatic N) is 3. The highest BCUT2D eigenvalue weighted by Gasteiger charge is 2.30. The SMILES string of the molecule is CNC(=O)c1cnc(NC(=O)C2CC2)cc1Nc1cn(C)c2ccn(C)c(=O)c12. The third kappa shape index (κ3) is 3.46. The van der Waals surface area contributed by atoms with Gasteiger partial charge in [-0.3, -0.25) is 14.4 Å². The lowest BCUT2D eigenvalue weighted by Crippen LogP contribution is -2.21. The predicted octanol–water partition coefficient (Wildman–Crippen LogP) is 1.72. The van der Waals surface area contributed by atoms with Gasteiger partial charge < -0.3 is 25.1 Å². The number of pyridine rings is 2. The number of amides is 2. The summed E-state index contributed by atoms with van der Waals surface area (Å²) < 4.78 is 3.34. The highest BCUT2D eigenvalue weighted by Crippen LogP contribution is 2.31. The van der Waals surface area contributed by atoms with Crippen LogP contribution in [-0.2, 0) is 18.9 Å². The summed E-state index contributed by atoms with van der Waals surface area (Å²) >= 11 is 0. The van der Waals surface area contributed by atoms with E-state index in [2.05, 4.69) is 20.9 Å². The van der Waals surface area contributed by atoms with Gasteiger partial charge in [0, 0.05) is 51.7 Å². The lowest BCUT2D eigenvalue weighted by atomic mass is 10.2. The van der Waals surface area contributed by atoms with Crippen molar-refractivity contribution in [3.63, 3.8) is 0 Å². The number of carbonyl (C=O) groups excluding carboxylic acids is 2. The maximum atomic E-state index is 12.7. The number of hydrogen-bond donors (Lipinski definition) is 3. The van der Waals surface area contributed by atoms with Crippen LogP contribution in [0.1, 0.15) is 23.2 Å². The van der Waals surface area contributed by atoms with Crippen LogP contribution in [0.5, 0.6) is 0 Å². The Morgan fingerprint density at radius 1 is 1.17 bits per heavy atom. The van der Waals surface area contributed by atoms with E-state index < -0.39 is 0 Å². The maximum absolute atomic E-state index is 12.7. The van der Waals surface area contributed by atoms with Gasteiger partial charge in [-0.2, -0.15) is 0 Å². The molecule has 0 atom stereocenters. The van der Waals surface area contributed by atoms with Crippen molar-refractivity contribution in [1.29, 1.82) is 0 Å². The fourth-order valence-electron chi connectivity index (χ4n) is 3.25. The van der Waals surface area contributed by atoms with Crippen molar-refractivity contribution in [1.82, 2.24) is 19.4 Å². The molecule has 29 heavy (non-hydrogen) atoms. The zero-order valence-electron chi connectivity index (χ0n) is 16.4. The quantitative estimate of drug-likeness (QED) is 0.610. The fourth-order valence-corrected chi connectivity index (χ4v) is 3.25. The molecule has 1 aliphatic rings. The first-order valence-corrected chi connectivity index (χ1v) is 9.33. The molecule has 1 fully saturated rings. The maximum Gasteiger partial charge on any atom is 0.261 e. The van der Waals surface area contributed by atoms with Gasteiger partial charge in [0.05, 0.1) is 27.8 Å². The first-order chi connectivity index (χ1) is 13.9. The monoisotopic (exact) mass is 394 g/mol. The summed E-state index contributed by atoms with van der Waals surface area (Å²) in [6.45, 7) is 0. The molecule has 0 bridgehead atoms. The van der Waals surface area contributed by atoms with E-state index in [9.17, 15) is 14.4 Å². The zero-order valence-corrected chi connectivity index (χ0v) is 16.4. The van der Waals surface area contributed by atoms with E-state index in [-0.39, 0.29) is 23.3 Å². The molecule has 0 radical (unpaired) electrons. The van der Waals surface area contributed by atoms with Crippen LogP contribution >= 0.6 is 0 Å². The van der Waals surface area contributed by atoms with Crippen LogP contribution in [0.15, 0.2) is 35.5 Å². The molecule has 1 saturated carbocycles. The third-order valence-corrected chi connectivity index (χ3v) is 5.06. The van der Waals surface area contributed by atoms with Crippen LogP contribution in [0.25, 0.3) is 10.9 Å². The lowest BCUT2D eigenvalue weighted by molar-refractivity contribution is -0.117. The zero-order chi connectivity index (χ0) is 20.7. The molecule has 3 heterocycles. The summed E-state index contributed by atoms with van der Waals surface area (Å²) in [6.07, 6.45) is 6.68. The number of rotatable bonds is 5. The van der Waals surface area contributed by atoms with Gasteiger partial charge in [0.25, 0.3) is 11.5 Å². The number of nitrogens with one attached hydrogen (secondary N) is 3. The number of aryl methyl sites for hydroxylation is 2. The average Bonchev–Trinajstić information content (AvgIpc) is 3.50. The smallest absolute Gasteiger partial charge is 0.261 e. The second-order valence-electron chi connectivity index (χ2n) is 7.23. The van der Waals surface area contributed by atoms with Gasteiger partial charge >= 0.3 is 0 Å². The van der Waals surface area contributed by atoms with Gasteiger partial charge in [0.1, 0.15) is 5.82 Å². The Morgan fingerprint density at radius 3 is 2.62 bits per heavy atom. The Kier molecular flexibility index (Phi) is 4.57. The van der Waals surface area contributed by atoms with Crippen LogP contribution in [-0.4, -0.2) is 33.0 Å². The number of fused-ring (bicyclic) bond motifs is 1. The van der Waals surface area contributed by atoms with Gasteiger partial charge in [0.15, 0.2) is 0 Å². The van der Waals surface area contributed by atoms with Crippen molar-refractivity contribution in [3.05, 3.63) is 46.6 Å². The van der Waals surface area contributed by atoms with Crippen molar-refractivity contribution in [2.45, 2.75) is 12.8 Å². The molecule has 0 aromatic carbocycles. The van der Waals surface area contributed by atoms with Crippen molar-refractivity contribution in [3.8, 4) is 0 Å². The molecule has 3 aromatic heterocycles. The largest absolute Gasteiger partial charge is 0.355 e. The first-order valence-electron chi connectivity index (χ1n) is 9.33. The van der Waals surface area contributed by atoms with Crippen molar-refractivity contribution in [2.75, 3.05) is 17.7 Å². The molecule has 3 N–H and O–H groups in total. The standard InChI is InChI=1S/C20H22N6O3/c1-21-19(28)12-9-22-16(24-18(27)11-4-5-11)8-13(12)23-14-10-26(3)15-6-7-25(2)20(29)17(14)15/h6-11H,4-5H2,1-3H3,(H,21,28)(H2,22,23,24,27). The minimum atomic E-state index is -0.326. The minimum Gasteiger partial charge on any atom is -0.355 e. The van der Waals surface area contributed by atoms with Crippen LogP contribution in [0.4, 0.5) is 17.2 Å². The Morgan fingerprint density at radius 2 is 1.93 bits per heavy atom. The lowest BCUT2D eigenvalue weighted by Gasteiger charge is -2.13. The fraction of sp³-hybridized carbons (Fsp3) is 0.300. The Balaban J connectivity index is 1.77. The Hall–Kier alpha value is -3.62. The molecule has 9 heteroatoms. The van der Waals surface area contributed by atoms with Gasteiger partial charge in [0.2, 0.25) is 5.91 Å². The summed E-state index contributed by atoms with van der Waals surface area (Å²) in [5.74, 6) is -0.0125. The van der Waals surface area contributed by atoms with E-state index in [1.54, 1.807) is 25.5 Å². The summed E-state index contributed by atoms with van der Waals surface area (Å²) in [4.78, 5) is 41.3. The normalized spacial score (nSPS) is 13.3. The Labute approximate surface area is 166 Å². The van der Waals surface area contributed by atoms with Gasteiger partial charge in [-0.05, 0) is 18.9 Å². The first kappa shape index (κ1) is 18.7. The average molecular weight is 394 g/mol.